The number of rotatable bonds is 6. The molecule has 6 nitrogen and oxygen atoms in total. The summed E-state index contributed by atoms with van der Waals surface area (Å²) in [6, 6.07) is 7.64. The summed E-state index contributed by atoms with van der Waals surface area (Å²) in [6.07, 6.45) is 8.62. The van der Waals surface area contributed by atoms with Crippen molar-refractivity contribution >= 4 is 5.69 Å². The molecule has 2 aliphatic rings. The highest BCUT2D eigenvalue weighted by atomic mass is 16.6. The minimum Gasteiger partial charge on any atom is -0.299 e. The van der Waals surface area contributed by atoms with Gasteiger partial charge in [0.05, 0.1) is 11.1 Å². The minimum atomic E-state index is -0.342. The Morgan fingerprint density at radius 3 is 2.27 bits per heavy atom. The molecule has 1 saturated carbocycles. The Balaban J connectivity index is 1.42. The van der Waals surface area contributed by atoms with Crippen molar-refractivity contribution in [1.29, 1.82) is 0 Å². The van der Waals surface area contributed by atoms with E-state index >= 15 is 0 Å². The predicted molar refractivity (Wildman–Crippen MR) is 104 cm³/mol. The molecule has 0 amide bonds. The zero-order valence-corrected chi connectivity index (χ0v) is 15.9. The third-order valence-electron chi connectivity index (χ3n) is 5.84. The minimum absolute atomic E-state index is 0.164. The predicted octanol–water partition coefficient (Wildman–Crippen LogP) is 3.37. The summed E-state index contributed by atoms with van der Waals surface area (Å²) in [5.74, 6) is 0. The molecule has 1 aromatic rings. The summed E-state index contributed by atoms with van der Waals surface area (Å²) in [7, 11) is 0. The number of nitro benzene ring substituents is 1. The van der Waals surface area contributed by atoms with Gasteiger partial charge < -0.3 is 0 Å². The Morgan fingerprint density at radius 1 is 1.08 bits per heavy atom. The molecule has 3 rings (SSSR count). The van der Waals surface area contributed by atoms with Gasteiger partial charge in [0, 0.05) is 50.9 Å². The second kappa shape index (κ2) is 9.44. The van der Waals surface area contributed by atoms with Gasteiger partial charge in [-0.15, -0.1) is 0 Å². The van der Waals surface area contributed by atoms with Crippen LogP contribution in [0.4, 0.5) is 5.69 Å². The van der Waals surface area contributed by atoms with Crippen LogP contribution < -0.4 is 5.32 Å². The van der Waals surface area contributed by atoms with Gasteiger partial charge in [-0.05, 0) is 25.3 Å². The van der Waals surface area contributed by atoms with Crippen LogP contribution in [0.25, 0.3) is 0 Å². The van der Waals surface area contributed by atoms with E-state index in [9.17, 15) is 10.1 Å². The fraction of sp³-hybridized carbons (Fsp3) is 0.700. The molecule has 1 unspecified atom stereocenters. The number of piperazine rings is 1. The van der Waals surface area contributed by atoms with Crippen molar-refractivity contribution in [1.82, 2.24) is 15.1 Å². The number of hydrogen-bond acceptors (Lipinski definition) is 5. The van der Waals surface area contributed by atoms with Crippen molar-refractivity contribution in [2.24, 2.45) is 0 Å². The molecule has 1 N–H and O–H groups in total. The fourth-order valence-electron chi connectivity index (χ4n) is 4.18. The van der Waals surface area contributed by atoms with Crippen LogP contribution in [0.2, 0.25) is 0 Å². The average Bonchev–Trinajstić information content (AvgIpc) is 2.91. The van der Waals surface area contributed by atoms with Gasteiger partial charge in [-0.3, -0.25) is 25.2 Å². The number of benzene rings is 1. The monoisotopic (exact) mass is 360 g/mol. The lowest BCUT2D eigenvalue weighted by Gasteiger charge is -2.39. The standard InChI is InChI=1S/C20H32N4O2/c1-17(21-19-6-4-2-3-5-7-19)23-14-12-22(13-15-23)16-18-8-10-20(11-9-18)24(25)26/h8-11,17,19,21H,2-7,12-16H2,1H3. The number of hydrogen-bond donors (Lipinski definition) is 1. The Labute approximate surface area is 156 Å². The van der Waals surface area contributed by atoms with Crippen LogP contribution in [0.15, 0.2) is 24.3 Å². The molecule has 1 aromatic carbocycles. The molecule has 0 spiro atoms. The van der Waals surface area contributed by atoms with Crippen molar-refractivity contribution < 1.29 is 4.92 Å². The van der Waals surface area contributed by atoms with Crippen molar-refractivity contribution in [2.45, 2.75) is 64.2 Å². The first-order chi connectivity index (χ1) is 12.6. The van der Waals surface area contributed by atoms with Crippen molar-refractivity contribution in [2.75, 3.05) is 26.2 Å². The molecule has 1 aliphatic carbocycles. The molecular weight excluding hydrogens is 328 g/mol. The summed E-state index contributed by atoms with van der Waals surface area (Å²) in [4.78, 5) is 15.4. The van der Waals surface area contributed by atoms with Crippen LogP contribution in [0.5, 0.6) is 0 Å². The van der Waals surface area contributed by atoms with E-state index in [1.165, 1.54) is 38.5 Å². The van der Waals surface area contributed by atoms with Crippen LogP contribution in [0.3, 0.4) is 0 Å². The average molecular weight is 361 g/mol. The fourth-order valence-corrected chi connectivity index (χ4v) is 4.18. The maximum Gasteiger partial charge on any atom is 0.269 e. The molecule has 0 radical (unpaired) electrons. The Hall–Kier alpha value is -1.50. The molecule has 26 heavy (non-hydrogen) atoms. The van der Waals surface area contributed by atoms with Gasteiger partial charge in [-0.1, -0.05) is 37.8 Å². The molecule has 1 aliphatic heterocycles. The highest BCUT2D eigenvalue weighted by Crippen LogP contribution is 2.19. The van der Waals surface area contributed by atoms with Crippen LogP contribution in [-0.4, -0.2) is 53.1 Å². The van der Waals surface area contributed by atoms with Crippen LogP contribution in [-0.2, 0) is 6.54 Å². The lowest BCUT2D eigenvalue weighted by Crippen LogP contribution is -2.55. The SMILES string of the molecule is CC(NC1CCCCCC1)N1CCN(Cc2ccc([N+](=O)[O-])cc2)CC1. The summed E-state index contributed by atoms with van der Waals surface area (Å²) in [5.41, 5.74) is 1.31. The van der Waals surface area contributed by atoms with Gasteiger partial charge in [0.25, 0.3) is 5.69 Å². The zero-order valence-electron chi connectivity index (χ0n) is 15.9. The Kier molecular flexibility index (Phi) is 7.00. The van der Waals surface area contributed by atoms with E-state index in [0.717, 1.165) is 38.3 Å². The molecule has 1 heterocycles. The zero-order chi connectivity index (χ0) is 18.4. The maximum absolute atomic E-state index is 10.7. The number of nitro groups is 1. The molecule has 1 saturated heterocycles. The normalized spacial score (nSPS) is 22.0. The number of nitrogens with one attached hydrogen (secondary N) is 1. The topological polar surface area (TPSA) is 61.6 Å². The van der Waals surface area contributed by atoms with Gasteiger partial charge in [-0.2, -0.15) is 0 Å². The number of nitrogens with zero attached hydrogens (tertiary/aromatic N) is 3. The third-order valence-corrected chi connectivity index (χ3v) is 5.84. The quantitative estimate of drug-likeness (QED) is 0.479. The smallest absolute Gasteiger partial charge is 0.269 e. The van der Waals surface area contributed by atoms with Crippen LogP contribution in [0, 0.1) is 10.1 Å². The second-order valence-corrected chi connectivity index (χ2v) is 7.77. The van der Waals surface area contributed by atoms with Crippen molar-refractivity contribution in [3.8, 4) is 0 Å². The first kappa shape index (κ1) is 19.3. The highest BCUT2D eigenvalue weighted by Gasteiger charge is 2.23. The van der Waals surface area contributed by atoms with Crippen LogP contribution >= 0.6 is 0 Å². The highest BCUT2D eigenvalue weighted by molar-refractivity contribution is 5.32. The Bertz CT molecular complexity index is 562. The van der Waals surface area contributed by atoms with E-state index in [0.29, 0.717) is 12.2 Å². The van der Waals surface area contributed by atoms with Crippen molar-refractivity contribution in [3.63, 3.8) is 0 Å². The van der Waals surface area contributed by atoms with Gasteiger partial charge >= 0.3 is 0 Å². The number of non-ortho nitro benzene ring substituents is 1. The van der Waals surface area contributed by atoms with E-state index in [2.05, 4.69) is 22.0 Å². The molecule has 0 bridgehead atoms. The van der Waals surface area contributed by atoms with Gasteiger partial charge in [0.2, 0.25) is 0 Å². The lowest BCUT2D eigenvalue weighted by atomic mass is 10.1. The van der Waals surface area contributed by atoms with Crippen molar-refractivity contribution in [3.05, 3.63) is 39.9 Å². The summed E-state index contributed by atoms with van der Waals surface area (Å²) >= 11 is 0. The first-order valence-corrected chi connectivity index (χ1v) is 10.1. The summed E-state index contributed by atoms with van der Waals surface area (Å²) < 4.78 is 0. The van der Waals surface area contributed by atoms with E-state index in [1.807, 2.05) is 12.1 Å². The van der Waals surface area contributed by atoms with Gasteiger partial charge in [0.1, 0.15) is 0 Å². The summed E-state index contributed by atoms with van der Waals surface area (Å²) in [6.45, 7) is 7.43. The van der Waals surface area contributed by atoms with E-state index in [-0.39, 0.29) is 10.6 Å². The molecule has 6 heteroatoms. The van der Waals surface area contributed by atoms with Gasteiger partial charge in [0.15, 0.2) is 0 Å². The van der Waals surface area contributed by atoms with E-state index < -0.39 is 0 Å². The molecule has 0 aromatic heterocycles. The lowest BCUT2D eigenvalue weighted by molar-refractivity contribution is -0.384. The Morgan fingerprint density at radius 2 is 1.69 bits per heavy atom. The van der Waals surface area contributed by atoms with E-state index in [1.54, 1.807) is 12.1 Å². The van der Waals surface area contributed by atoms with Gasteiger partial charge in [-0.25, -0.2) is 0 Å². The third kappa shape index (κ3) is 5.50. The molecular formula is C20H32N4O2. The summed E-state index contributed by atoms with van der Waals surface area (Å²) in [5, 5.41) is 14.6. The molecule has 2 fully saturated rings. The van der Waals surface area contributed by atoms with E-state index in [4.69, 9.17) is 0 Å². The largest absolute Gasteiger partial charge is 0.299 e. The second-order valence-electron chi connectivity index (χ2n) is 7.77. The van der Waals surface area contributed by atoms with Crippen LogP contribution in [0.1, 0.15) is 51.0 Å². The molecule has 1 atom stereocenters. The first-order valence-electron chi connectivity index (χ1n) is 10.1. The molecule has 144 valence electrons. The maximum atomic E-state index is 10.7.